The summed E-state index contributed by atoms with van der Waals surface area (Å²) in [6.45, 7) is 5.79. The average Bonchev–Trinajstić information content (AvgIpc) is 3.46. The number of carbonyl (C=O) groups is 1. The molecule has 170 valence electrons. The predicted octanol–water partition coefficient (Wildman–Crippen LogP) is 4.98. The molecule has 2 aromatic carbocycles. The number of nitrogens with two attached hydrogens (primary N) is 1. The first-order valence-electron chi connectivity index (χ1n) is 11.3. The molecule has 0 spiro atoms. The average molecular weight is 461 g/mol. The van der Waals surface area contributed by atoms with Gasteiger partial charge in [0.25, 0.3) is 0 Å². The maximum atomic E-state index is 12.3. The molecule has 6 nitrogen and oxygen atoms in total. The molecule has 1 aliphatic carbocycles. The van der Waals surface area contributed by atoms with Crippen molar-refractivity contribution in [1.29, 1.82) is 5.26 Å². The SMILES string of the molecule is CC[C@@H](N)C(=O)N[C@@H]1CCc2c(-c3cnc(-c4ccc(OC(C)C)c(C#N)c4)s3)cccc21. The van der Waals surface area contributed by atoms with E-state index in [0.29, 0.717) is 17.7 Å². The minimum Gasteiger partial charge on any atom is -0.490 e. The zero-order valence-corrected chi connectivity index (χ0v) is 19.9. The molecule has 1 heterocycles. The zero-order chi connectivity index (χ0) is 23.5. The summed E-state index contributed by atoms with van der Waals surface area (Å²) >= 11 is 1.60. The van der Waals surface area contributed by atoms with Gasteiger partial charge in [0.15, 0.2) is 0 Å². The van der Waals surface area contributed by atoms with E-state index in [1.54, 1.807) is 11.3 Å². The highest BCUT2D eigenvalue weighted by Crippen LogP contribution is 2.41. The summed E-state index contributed by atoms with van der Waals surface area (Å²) in [6, 6.07) is 13.6. The van der Waals surface area contributed by atoms with Crippen molar-refractivity contribution in [2.45, 2.75) is 58.2 Å². The summed E-state index contributed by atoms with van der Waals surface area (Å²) in [7, 11) is 0. The van der Waals surface area contributed by atoms with E-state index in [2.05, 4.69) is 28.5 Å². The summed E-state index contributed by atoms with van der Waals surface area (Å²) < 4.78 is 5.73. The van der Waals surface area contributed by atoms with Gasteiger partial charge in [0.05, 0.1) is 28.6 Å². The number of hydrogen-bond donors (Lipinski definition) is 2. The summed E-state index contributed by atoms with van der Waals surface area (Å²) in [5.74, 6) is 0.490. The van der Waals surface area contributed by atoms with Gasteiger partial charge in [-0.3, -0.25) is 4.79 Å². The van der Waals surface area contributed by atoms with Crippen LogP contribution in [0.2, 0.25) is 0 Å². The van der Waals surface area contributed by atoms with Crippen LogP contribution in [0.5, 0.6) is 5.75 Å². The molecular formula is C26H28N4O2S. The standard InChI is InChI=1S/C26H28N4O2S/c1-4-21(28)25(31)30-22-10-9-18-19(22)6-5-7-20(18)24-14-29-26(33-24)16-8-11-23(32-15(2)3)17(12-16)13-27/h5-8,11-12,14-15,21-22H,4,9-10,28H2,1-3H3,(H,30,31)/t21-,22-/m1/s1. The second kappa shape index (κ2) is 9.74. The molecule has 0 bridgehead atoms. The Balaban J connectivity index is 1.61. The van der Waals surface area contributed by atoms with E-state index in [1.807, 2.05) is 51.2 Å². The number of hydrogen-bond acceptors (Lipinski definition) is 6. The molecule has 0 aliphatic heterocycles. The van der Waals surface area contributed by atoms with Gasteiger partial charge in [-0.2, -0.15) is 5.26 Å². The molecule has 0 fully saturated rings. The number of thiazole rings is 1. The minimum absolute atomic E-state index is 0.000843. The summed E-state index contributed by atoms with van der Waals surface area (Å²) in [6.07, 6.45) is 4.26. The maximum Gasteiger partial charge on any atom is 0.237 e. The number of ether oxygens (including phenoxy) is 1. The van der Waals surface area contributed by atoms with Gasteiger partial charge in [0.2, 0.25) is 5.91 Å². The number of aromatic nitrogens is 1. The molecule has 1 aromatic heterocycles. The lowest BCUT2D eigenvalue weighted by atomic mass is 10.0. The van der Waals surface area contributed by atoms with Crippen molar-refractivity contribution in [2.75, 3.05) is 0 Å². The fourth-order valence-corrected chi connectivity index (χ4v) is 5.10. The Bertz CT molecular complexity index is 1210. The zero-order valence-electron chi connectivity index (χ0n) is 19.1. The number of fused-ring (bicyclic) bond motifs is 1. The number of amides is 1. The predicted molar refractivity (Wildman–Crippen MR) is 131 cm³/mol. The Morgan fingerprint density at radius 1 is 1.36 bits per heavy atom. The van der Waals surface area contributed by atoms with Gasteiger partial charge in [-0.15, -0.1) is 11.3 Å². The molecule has 1 amide bonds. The van der Waals surface area contributed by atoms with Crippen LogP contribution in [-0.2, 0) is 11.2 Å². The molecule has 33 heavy (non-hydrogen) atoms. The van der Waals surface area contributed by atoms with Gasteiger partial charge < -0.3 is 15.8 Å². The van der Waals surface area contributed by atoms with Crippen molar-refractivity contribution in [1.82, 2.24) is 10.3 Å². The smallest absolute Gasteiger partial charge is 0.237 e. The molecule has 3 aromatic rings. The highest BCUT2D eigenvalue weighted by molar-refractivity contribution is 7.18. The van der Waals surface area contributed by atoms with Crippen LogP contribution in [-0.4, -0.2) is 23.0 Å². The fourth-order valence-electron chi connectivity index (χ4n) is 4.14. The van der Waals surface area contributed by atoms with Crippen molar-refractivity contribution in [3.8, 4) is 32.8 Å². The number of carbonyl (C=O) groups excluding carboxylic acids is 1. The number of nitrogens with zero attached hydrogens (tertiary/aromatic N) is 2. The normalized spacial score (nSPS) is 15.7. The van der Waals surface area contributed by atoms with E-state index in [4.69, 9.17) is 10.5 Å². The lowest BCUT2D eigenvalue weighted by Crippen LogP contribution is -2.41. The second-order valence-electron chi connectivity index (χ2n) is 8.51. The van der Waals surface area contributed by atoms with Crippen molar-refractivity contribution >= 4 is 17.2 Å². The second-order valence-corrected chi connectivity index (χ2v) is 9.54. The van der Waals surface area contributed by atoms with Crippen LogP contribution < -0.4 is 15.8 Å². The minimum atomic E-state index is -0.475. The van der Waals surface area contributed by atoms with Gasteiger partial charge in [-0.25, -0.2) is 4.98 Å². The van der Waals surface area contributed by atoms with Crippen LogP contribution >= 0.6 is 11.3 Å². The number of rotatable bonds is 7. The van der Waals surface area contributed by atoms with Crippen molar-refractivity contribution in [3.05, 3.63) is 59.3 Å². The molecule has 2 atom stereocenters. The largest absolute Gasteiger partial charge is 0.490 e. The topological polar surface area (TPSA) is 101 Å². The lowest BCUT2D eigenvalue weighted by Gasteiger charge is -2.17. The third-order valence-electron chi connectivity index (χ3n) is 5.84. The quantitative estimate of drug-likeness (QED) is 0.518. The lowest BCUT2D eigenvalue weighted by molar-refractivity contribution is -0.123. The van der Waals surface area contributed by atoms with Crippen molar-refractivity contribution in [3.63, 3.8) is 0 Å². The van der Waals surface area contributed by atoms with Gasteiger partial charge in [0, 0.05) is 11.8 Å². The van der Waals surface area contributed by atoms with Crippen LogP contribution in [0.15, 0.2) is 42.6 Å². The first-order chi connectivity index (χ1) is 15.9. The van der Waals surface area contributed by atoms with Crippen LogP contribution in [0.1, 0.15) is 56.3 Å². The third-order valence-corrected chi connectivity index (χ3v) is 6.92. The van der Waals surface area contributed by atoms with Crippen molar-refractivity contribution in [2.24, 2.45) is 5.73 Å². The third kappa shape index (κ3) is 4.77. The van der Waals surface area contributed by atoms with Crippen LogP contribution in [0.25, 0.3) is 21.0 Å². The molecule has 1 aliphatic rings. The van der Waals surface area contributed by atoms with E-state index in [1.165, 1.54) is 5.56 Å². The van der Waals surface area contributed by atoms with Crippen molar-refractivity contribution < 1.29 is 9.53 Å². The molecule has 0 radical (unpaired) electrons. The van der Waals surface area contributed by atoms with E-state index >= 15 is 0 Å². The Labute approximate surface area is 198 Å². The summed E-state index contributed by atoms with van der Waals surface area (Å²) in [4.78, 5) is 18.0. The fraction of sp³-hybridized carbons (Fsp3) is 0.346. The Morgan fingerprint density at radius 2 is 2.18 bits per heavy atom. The molecule has 4 rings (SSSR count). The molecule has 0 saturated carbocycles. The number of nitrogens with one attached hydrogen (secondary N) is 1. The molecule has 7 heteroatoms. The molecule has 3 N–H and O–H groups in total. The van der Waals surface area contributed by atoms with E-state index in [9.17, 15) is 10.1 Å². The number of benzene rings is 2. The monoisotopic (exact) mass is 460 g/mol. The van der Waals surface area contributed by atoms with E-state index in [-0.39, 0.29) is 18.1 Å². The van der Waals surface area contributed by atoms with Crippen LogP contribution in [0.4, 0.5) is 0 Å². The van der Waals surface area contributed by atoms with Gasteiger partial charge in [-0.1, -0.05) is 25.1 Å². The Kier molecular flexibility index (Phi) is 6.77. The number of nitriles is 1. The Hall–Kier alpha value is -3.21. The maximum absolute atomic E-state index is 12.3. The van der Waals surface area contributed by atoms with Gasteiger partial charge in [0.1, 0.15) is 16.8 Å². The van der Waals surface area contributed by atoms with Crippen LogP contribution in [0, 0.1) is 11.3 Å². The first-order valence-corrected chi connectivity index (χ1v) is 12.1. The van der Waals surface area contributed by atoms with E-state index < -0.39 is 6.04 Å². The molecule has 0 saturated heterocycles. The first kappa shape index (κ1) is 23.0. The Morgan fingerprint density at radius 3 is 2.91 bits per heavy atom. The van der Waals surface area contributed by atoms with Gasteiger partial charge in [-0.05, 0) is 68.0 Å². The van der Waals surface area contributed by atoms with Gasteiger partial charge >= 0.3 is 0 Å². The molecular weight excluding hydrogens is 432 g/mol. The summed E-state index contributed by atoms with van der Waals surface area (Å²) in [5, 5.41) is 13.5. The highest BCUT2D eigenvalue weighted by atomic mass is 32.1. The van der Waals surface area contributed by atoms with E-state index in [0.717, 1.165) is 39.4 Å². The molecule has 0 unspecified atom stereocenters. The highest BCUT2D eigenvalue weighted by Gasteiger charge is 2.28. The summed E-state index contributed by atoms with van der Waals surface area (Å²) in [5.41, 5.74) is 10.8. The van der Waals surface area contributed by atoms with Crippen LogP contribution in [0.3, 0.4) is 0 Å².